The highest BCUT2D eigenvalue weighted by Gasteiger charge is 2.26. The van der Waals surface area contributed by atoms with Gasteiger partial charge in [-0.05, 0) is 42.7 Å². The van der Waals surface area contributed by atoms with E-state index in [9.17, 15) is 9.59 Å². The number of pyridine rings is 2. The van der Waals surface area contributed by atoms with Crippen LogP contribution in [0.4, 0.5) is 5.69 Å². The quantitative estimate of drug-likeness (QED) is 0.473. The number of methoxy groups -OCH3 is 1. The van der Waals surface area contributed by atoms with Gasteiger partial charge in [0.1, 0.15) is 17.9 Å². The van der Waals surface area contributed by atoms with Crippen molar-refractivity contribution in [2.75, 3.05) is 38.2 Å². The third kappa shape index (κ3) is 5.28. The Morgan fingerprint density at radius 2 is 1.81 bits per heavy atom. The van der Waals surface area contributed by atoms with Crippen LogP contribution in [-0.4, -0.2) is 53.7 Å². The number of nitrogens with zero attached hydrogens (tertiary/aromatic N) is 4. The van der Waals surface area contributed by atoms with Crippen LogP contribution in [0.3, 0.4) is 0 Å². The van der Waals surface area contributed by atoms with Crippen molar-refractivity contribution >= 4 is 11.7 Å². The molecule has 3 aromatic rings. The predicted octanol–water partition coefficient (Wildman–Crippen LogP) is 3.27. The molecule has 0 radical (unpaired) electrons. The minimum atomic E-state index is -0.499. The lowest BCUT2D eigenvalue weighted by Gasteiger charge is -2.21. The summed E-state index contributed by atoms with van der Waals surface area (Å²) in [4.78, 5) is 34.9. The molecule has 0 atom stereocenters. The van der Waals surface area contributed by atoms with Crippen LogP contribution >= 0.6 is 0 Å². The lowest BCUT2D eigenvalue weighted by molar-refractivity contribution is 0.0592. The van der Waals surface area contributed by atoms with E-state index < -0.39 is 5.97 Å². The Morgan fingerprint density at radius 1 is 1.00 bits per heavy atom. The zero-order valence-electron chi connectivity index (χ0n) is 20.7. The first-order valence-electron chi connectivity index (χ1n) is 12.6. The molecule has 0 unspecified atom stereocenters. The van der Waals surface area contributed by atoms with Gasteiger partial charge in [-0.1, -0.05) is 18.2 Å². The van der Waals surface area contributed by atoms with Gasteiger partial charge in [0.05, 0.1) is 12.8 Å². The first kappa shape index (κ1) is 24.1. The Kier molecular flexibility index (Phi) is 7.32. The normalized spacial score (nSPS) is 15.9. The second-order valence-corrected chi connectivity index (χ2v) is 9.31. The van der Waals surface area contributed by atoms with Gasteiger partial charge in [-0.15, -0.1) is 0 Å². The van der Waals surface area contributed by atoms with Gasteiger partial charge >= 0.3 is 5.97 Å². The number of carbonyl (C=O) groups excluding carboxylic acids is 1. The van der Waals surface area contributed by atoms with Gasteiger partial charge in [-0.2, -0.15) is 0 Å². The van der Waals surface area contributed by atoms with Gasteiger partial charge in [0.2, 0.25) is 0 Å². The summed E-state index contributed by atoms with van der Waals surface area (Å²) in [6.45, 7) is 5.16. The molecule has 0 saturated carbocycles. The molecule has 8 nitrogen and oxygen atoms in total. The number of esters is 1. The summed E-state index contributed by atoms with van der Waals surface area (Å²) >= 11 is 0. The van der Waals surface area contributed by atoms with Gasteiger partial charge in [-0.3, -0.25) is 14.7 Å². The maximum atomic E-state index is 13.0. The molecule has 1 saturated heterocycles. The van der Waals surface area contributed by atoms with E-state index in [-0.39, 0.29) is 17.9 Å². The van der Waals surface area contributed by atoms with E-state index in [1.165, 1.54) is 37.3 Å². The highest BCUT2D eigenvalue weighted by atomic mass is 16.5. The van der Waals surface area contributed by atoms with E-state index in [0.717, 1.165) is 32.7 Å². The average Bonchev–Trinajstić information content (AvgIpc) is 3.37. The number of rotatable bonds is 7. The summed E-state index contributed by atoms with van der Waals surface area (Å²) in [5.41, 5.74) is 4.05. The maximum absolute atomic E-state index is 13.0. The van der Waals surface area contributed by atoms with Crippen molar-refractivity contribution in [1.29, 1.82) is 0 Å². The van der Waals surface area contributed by atoms with Gasteiger partial charge in [0, 0.05) is 69.3 Å². The number of hydrogen-bond acceptors (Lipinski definition) is 7. The van der Waals surface area contributed by atoms with E-state index in [4.69, 9.17) is 9.47 Å². The third-order valence-corrected chi connectivity index (χ3v) is 6.99. The molecule has 2 aromatic heterocycles. The number of ether oxygens (including phenoxy) is 2. The molecule has 0 amide bonds. The van der Waals surface area contributed by atoms with Crippen molar-refractivity contribution in [2.24, 2.45) is 0 Å². The second kappa shape index (κ2) is 11.0. The lowest BCUT2D eigenvalue weighted by Crippen LogP contribution is -2.29. The first-order chi connectivity index (χ1) is 17.6. The Bertz CT molecular complexity index is 1250. The highest BCUT2D eigenvalue weighted by molar-refractivity contribution is 5.93. The Labute approximate surface area is 211 Å². The lowest BCUT2D eigenvalue weighted by atomic mass is 10.1. The smallest absolute Gasteiger partial charge is 0.343 e. The summed E-state index contributed by atoms with van der Waals surface area (Å²) in [6.07, 6.45) is 4.75. The zero-order chi connectivity index (χ0) is 24.9. The van der Waals surface area contributed by atoms with Crippen molar-refractivity contribution in [3.8, 4) is 5.75 Å². The standard InChI is InChI=1S/C28H32N4O4/c1-35-28(34)27-24-11-15-30(19-21-7-9-23(10-8-21)31-13-4-5-14-31)16-17-32(24)26(33)18-25(27)36-20-22-6-2-3-12-29-22/h2-3,6-10,12,18H,4-5,11,13-17,19-20H2,1H3. The summed E-state index contributed by atoms with van der Waals surface area (Å²) in [6, 6.07) is 15.7. The number of benzene rings is 1. The SMILES string of the molecule is COC(=O)c1c(OCc2ccccn2)cc(=O)n2c1CCN(Cc1ccc(N3CCCC3)cc1)CC2. The molecule has 0 aliphatic carbocycles. The molecule has 5 rings (SSSR count). The van der Waals surface area contributed by atoms with Crippen LogP contribution in [0.15, 0.2) is 59.5 Å². The number of aromatic nitrogens is 2. The summed E-state index contributed by atoms with van der Waals surface area (Å²) < 4.78 is 12.7. The number of carbonyl (C=O) groups is 1. The van der Waals surface area contributed by atoms with E-state index in [1.807, 2.05) is 18.2 Å². The third-order valence-electron chi connectivity index (χ3n) is 6.99. The zero-order valence-corrected chi connectivity index (χ0v) is 20.7. The summed E-state index contributed by atoms with van der Waals surface area (Å²) in [5.74, 6) is -0.254. The van der Waals surface area contributed by atoms with Crippen LogP contribution < -0.4 is 15.2 Å². The fraction of sp³-hybridized carbons (Fsp3) is 0.393. The fourth-order valence-electron chi connectivity index (χ4n) is 5.07. The minimum absolute atomic E-state index is 0.160. The van der Waals surface area contributed by atoms with Crippen molar-refractivity contribution in [3.63, 3.8) is 0 Å². The van der Waals surface area contributed by atoms with Gasteiger partial charge in [0.25, 0.3) is 5.56 Å². The van der Waals surface area contributed by atoms with E-state index >= 15 is 0 Å². The molecule has 2 aliphatic rings. The minimum Gasteiger partial charge on any atom is -0.486 e. The molecular formula is C28H32N4O4. The molecule has 36 heavy (non-hydrogen) atoms. The molecule has 0 N–H and O–H groups in total. The topological polar surface area (TPSA) is 76.9 Å². The van der Waals surface area contributed by atoms with Crippen molar-refractivity contribution in [3.05, 3.63) is 87.6 Å². The van der Waals surface area contributed by atoms with Crippen molar-refractivity contribution in [1.82, 2.24) is 14.5 Å². The summed E-state index contributed by atoms with van der Waals surface area (Å²) in [7, 11) is 1.35. The van der Waals surface area contributed by atoms with Gasteiger partial charge in [-0.25, -0.2) is 4.79 Å². The average molecular weight is 489 g/mol. The molecule has 0 bridgehead atoms. The van der Waals surface area contributed by atoms with Crippen LogP contribution in [0.25, 0.3) is 0 Å². The largest absolute Gasteiger partial charge is 0.486 e. The van der Waals surface area contributed by atoms with E-state index in [2.05, 4.69) is 39.0 Å². The van der Waals surface area contributed by atoms with Crippen LogP contribution in [0.5, 0.6) is 5.75 Å². The first-order valence-corrected chi connectivity index (χ1v) is 12.6. The molecule has 188 valence electrons. The Hall–Kier alpha value is -3.65. The van der Waals surface area contributed by atoms with E-state index in [1.54, 1.807) is 10.8 Å². The van der Waals surface area contributed by atoms with Crippen LogP contribution in [-0.2, 0) is 30.9 Å². The van der Waals surface area contributed by atoms with Crippen molar-refractivity contribution < 1.29 is 14.3 Å². The predicted molar refractivity (Wildman–Crippen MR) is 137 cm³/mol. The van der Waals surface area contributed by atoms with Crippen LogP contribution in [0.2, 0.25) is 0 Å². The van der Waals surface area contributed by atoms with Crippen molar-refractivity contribution in [2.45, 2.75) is 39.0 Å². The molecule has 2 aliphatic heterocycles. The van der Waals surface area contributed by atoms with Crippen LogP contribution in [0, 0.1) is 0 Å². The Morgan fingerprint density at radius 3 is 2.53 bits per heavy atom. The van der Waals surface area contributed by atoms with Gasteiger partial charge < -0.3 is 18.9 Å². The van der Waals surface area contributed by atoms with Crippen LogP contribution in [0.1, 0.15) is 40.2 Å². The molecular weight excluding hydrogens is 456 g/mol. The maximum Gasteiger partial charge on any atom is 0.343 e. The fourth-order valence-corrected chi connectivity index (χ4v) is 5.07. The monoisotopic (exact) mass is 488 g/mol. The molecule has 4 heterocycles. The molecule has 1 aromatic carbocycles. The number of anilines is 1. The van der Waals surface area contributed by atoms with Gasteiger partial charge in [0.15, 0.2) is 0 Å². The van der Waals surface area contributed by atoms with E-state index in [0.29, 0.717) is 29.9 Å². The number of hydrogen-bond donors (Lipinski definition) is 0. The summed E-state index contributed by atoms with van der Waals surface area (Å²) in [5, 5.41) is 0. The molecule has 0 spiro atoms. The molecule has 1 fully saturated rings. The Balaban J connectivity index is 1.33. The number of fused-ring (bicyclic) bond motifs is 1. The second-order valence-electron chi connectivity index (χ2n) is 9.31. The highest BCUT2D eigenvalue weighted by Crippen LogP contribution is 2.26. The molecule has 8 heteroatoms.